The molecule has 0 bridgehead atoms. The Morgan fingerprint density at radius 1 is 1.50 bits per heavy atom. The smallest absolute Gasteiger partial charge is 0.0730 e. The molecule has 1 heterocycles. The molecule has 1 rings (SSSR count). The van der Waals surface area contributed by atoms with Gasteiger partial charge in [0.05, 0.1) is 17.6 Å². The van der Waals surface area contributed by atoms with Crippen molar-refractivity contribution in [2.45, 2.75) is 39.7 Å². The molecule has 3 heteroatoms. The molecule has 68 valence electrons. The Kier molecular flexibility index (Phi) is 3.14. The Morgan fingerprint density at radius 3 is 2.75 bits per heavy atom. The van der Waals surface area contributed by atoms with Gasteiger partial charge in [-0.25, -0.2) is 0 Å². The normalized spacial score (nSPS) is 10.5. The quantitative estimate of drug-likeness (QED) is 0.697. The molecule has 12 heavy (non-hydrogen) atoms. The van der Waals surface area contributed by atoms with Gasteiger partial charge in [0.15, 0.2) is 0 Å². The first kappa shape index (κ1) is 9.10. The molecule has 1 aromatic rings. The van der Waals surface area contributed by atoms with E-state index in [0.29, 0.717) is 0 Å². The molecule has 2 N–H and O–H groups in total. The highest BCUT2D eigenvalue weighted by Gasteiger charge is 2.00. The fourth-order valence-electron chi connectivity index (χ4n) is 1.20. The van der Waals surface area contributed by atoms with Crippen LogP contribution in [-0.4, -0.2) is 9.78 Å². The van der Waals surface area contributed by atoms with E-state index in [-0.39, 0.29) is 0 Å². The van der Waals surface area contributed by atoms with Crippen molar-refractivity contribution in [3.63, 3.8) is 0 Å². The lowest BCUT2D eigenvalue weighted by molar-refractivity contribution is 0.542. The summed E-state index contributed by atoms with van der Waals surface area (Å²) in [5.74, 6) is 0. The topological polar surface area (TPSA) is 43.8 Å². The largest absolute Gasteiger partial charge is 0.396 e. The summed E-state index contributed by atoms with van der Waals surface area (Å²) < 4.78 is 1.98. The van der Waals surface area contributed by atoms with Crippen molar-refractivity contribution in [3.8, 4) is 0 Å². The van der Waals surface area contributed by atoms with E-state index < -0.39 is 0 Å². The Labute approximate surface area is 73.6 Å². The Bertz CT molecular complexity index is 240. The SMILES string of the molecule is CCCCCn1ncc(N)c1C. The zero-order valence-corrected chi connectivity index (χ0v) is 7.88. The van der Waals surface area contributed by atoms with E-state index in [9.17, 15) is 0 Å². The number of nitrogens with zero attached hydrogens (tertiary/aromatic N) is 2. The number of anilines is 1. The summed E-state index contributed by atoms with van der Waals surface area (Å²) in [7, 11) is 0. The maximum Gasteiger partial charge on any atom is 0.0730 e. The molecule has 0 aliphatic heterocycles. The van der Waals surface area contributed by atoms with Gasteiger partial charge >= 0.3 is 0 Å². The van der Waals surface area contributed by atoms with Crippen LogP contribution >= 0.6 is 0 Å². The van der Waals surface area contributed by atoms with Crippen molar-refractivity contribution in [1.82, 2.24) is 9.78 Å². The van der Waals surface area contributed by atoms with Gasteiger partial charge < -0.3 is 5.73 Å². The third-order valence-corrected chi connectivity index (χ3v) is 2.11. The number of rotatable bonds is 4. The van der Waals surface area contributed by atoms with Crippen LogP contribution in [0.2, 0.25) is 0 Å². The minimum Gasteiger partial charge on any atom is -0.396 e. The van der Waals surface area contributed by atoms with Gasteiger partial charge in [0.1, 0.15) is 0 Å². The van der Waals surface area contributed by atoms with Gasteiger partial charge in [-0.2, -0.15) is 5.10 Å². The first-order valence-electron chi connectivity index (χ1n) is 4.53. The van der Waals surface area contributed by atoms with Gasteiger partial charge in [-0.1, -0.05) is 19.8 Å². The van der Waals surface area contributed by atoms with Gasteiger partial charge in [-0.3, -0.25) is 4.68 Å². The predicted molar refractivity (Wildman–Crippen MR) is 50.9 cm³/mol. The van der Waals surface area contributed by atoms with Gasteiger partial charge in [-0.15, -0.1) is 0 Å². The highest BCUT2D eigenvalue weighted by molar-refractivity contribution is 5.39. The first-order chi connectivity index (χ1) is 5.75. The summed E-state index contributed by atoms with van der Waals surface area (Å²) in [5, 5.41) is 4.18. The average molecular weight is 167 g/mol. The van der Waals surface area contributed by atoms with Gasteiger partial charge in [0.25, 0.3) is 0 Å². The number of hydrogen-bond acceptors (Lipinski definition) is 2. The highest BCUT2D eigenvalue weighted by atomic mass is 15.3. The lowest BCUT2D eigenvalue weighted by atomic mass is 10.2. The molecular weight excluding hydrogens is 150 g/mol. The Balaban J connectivity index is 2.46. The van der Waals surface area contributed by atoms with E-state index in [4.69, 9.17) is 5.73 Å². The summed E-state index contributed by atoms with van der Waals surface area (Å²) in [4.78, 5) is 0. The van der Waals surface area contributed by atoms with Crippen molar-refractivity contribution in [2.24, 2.45) is 0 Å². The summed E-state index contributed by atoms with van der Waals surface area (Å²) in [6.07, 6.45) is 5.43. The standard InChI is InChI=1S/C9H17N3/c1-3-4-5-6-12-8(2)9(10)7-11-12/h7H,3-6,10H2,1-2H3. The molecule has 0 saturated carbocycles. The van der Waals surface area contributed by atoms with Crippen molar-refractivity contribution in [1.29, 1.82) is 0 Å². The monoisotopic (exact) mass is 167 g/mol. The van der Waals surface area contributed by atoms with Crippen molar-refractivity contribution in [3.05, 3.63) is 11.9 Å². The number of nitrogen functional groups attached to an aromatic ring is 1. The van der Waals surface area contributed by atoms with Crippen LogP contribution in [0.1, 0.15) is 31.9 Å². The average Bonchev–Trinajstić information content (AvgIpc) is 2.36. The predicted octanol–water partition coefficient (Wildman–Crippen LogP) is 1.96. The summed E-state index contributed by atoms with van der Waals surface area (Å²) in [6.45, 7) is 5.20. The van der Waals surface area contributed by atoms with Crippen molar-refractivity contribution >= 4 is 5.69 Å². The number of aryl methyl sites for hydroxylation is 1. The number of unbranched alkanes of at least 4 members (excludes halogenated alkanes) is 2. The van der Waals surface area contributed by atoms with Crippen LogP contribution < -0.4 is 5.73 Å². The molecule has 0 fully saturated rings. The number of hydrogen-bond donors (Lipinski definition) is 1. The van der Waals surface area contributed by atoms with E-state index >= 15 is 0 Å². The molecule has 0 amide bonds. The Morgan fingerprint density at radius 2 is 2.25 bits per heavy atom. The maximum atomic E-state index is 5.66. The lowest BCUT2D eigenvalue weighted by Crippen LogP contribution is -2.02. The zero-order chi connectivity index (χ0) is 8.97. The van der Waals surface area contributed by atoms with E-state index in [1.807, 2.05) is 11.6 Å². The van der Waals surface area contributed by atoms with Crippen LogP contribution in [0, 0.1) is 6.92 Å². The van der Waals surface area contributed by atoms with Crippen molar-refractivity contribution < 1.29 is 0 Å². The molecule has 0 aliphatic carbocycles. The molecule has 3 nitrogen and oxygen atoms in total. The second-order valence-electron chi connectivity index (χ2n) is 3.12. The van der Waals surface area contributed by atoms with E-state index in [1.54, 1.807) is 6.20 Å². The molecule has 1 aromatic heterocycles. The van der Waals surface area contributed by atoms with Gasteiger partial charge in [0.2, 0.25) is 0 Å². The van der Waals surface area contributed by atoms with Gasteiger partial charge in [0, 0.05) is 6.54 Å². The minimum atomic E-state index is 0.798. The zero-order valence-electron chi connectivity index (χ0n) is 7.88. The first-order valence-corrected chi connectivity index (χ1v) is 4.53. The van der Waals surface area contributed by atoms with Gasteiger partial charge in [-0.05, 0) is 13.3 Å². The molecular formula is C9H17N3. The van der Waals surface area contributed by atoms with E-state index in [2.05, 4.69) is 12.0 Å². The number of aromatic nitrogens is 2. The molecule has 0 atom stereocenters. The highest BCUT2D eigenvalue weighted by Crippen LogP contribution is 2.09. The fraction of sp³-hybridized carbons (Fsp3) is 0.667. The van der Waals surface area contributed by atoms with E-state index in [0.717, 1.165) is 17.9 Å². The summed E-state index contributed by atoms with van der Waals surface area (Å²) in [6, 6.07) is 0. The van der Waals surface area contributed by atoms with Crippen LogP contribution in [-0.2, 0) is 6.54 Å². The second-order valence-corrected chi connectivity index (χ2v) is 3.12. The third kappa shape index (κ3) is 2.00. The second kappa shape index (κ2) is 4.14. The van der Waals surface area contributed by atoms with Crippen LogP contribution in [0.3, 0.4) is 0 Å². The van der Waals surface area contributed by atoms with Crippen molar-refractivity contribution in [2.75, 3.05) is 5.73 Å². The summed E-state index contributed by atoms with van der Waals surface area (Å²) in [5.41, 5.74) is 7.55. The molecule has 0 aliphatic rings. The molecule has 0 saturated heterocycles. The van der Waals surface area contributed by atoms with Crippen LogP contribution in [0.15, 0.2) is 6.20 Å². The maximum absolute atomic E-state index is 5.66. The van der Waals surface area contributed by atoms with Crippen LogP contribution in [0.25, 0.3) is 0 Å². The van der Waals surface area contributed by atoms with E-state index in [1.165, 1.54) is 19.3 Å². The molecule has 0 spiro atoms. The number of nitrogens with two attached hydrogens (primary N) is 1. The molecule has 0 unspecified atom stereocenters. The summed E-state index contributed by atoms with van der Waals surface area (Å²) >= 11 is 0. The minimum absolute atomic E-state index is 0.798. The van der Waals surface area contributed by atoms with Crippen LogP contribution in [0.4, 0.5) is 5.69 Å². The van der Waals surface area contributed by atoms with Crippen LogP contribution in [0.5, 0.6) is 0 Å². The molecule has 0 radical (unpaired) electrons. The molecule has 0 aromatic carbocycles. The third-order valence-electron chi connectivity index (χ3n) is 2.11. The Hall–Kier alpha value is -0.990. The fourth-order valence-corrected chi connectivity index (χ4v) is 1.20. The lowest BCUT2D eigenvalue weighted by Gasteiger charge is -2.02.